The number of rotatable bonds is 5. The van der Waals surface area contributed by atoms with Crippen LogP contribution in [0.1, 0.15) is 32.8 Å². The molecular weight excluding hydrogens is 432 g/mol. The first-order valence-corrected chi connectivity index (χ1v) is 11.5. The van der Waals surface area contributed by atoms with Gasteiger partial charge in [0.25, 0.3) is 5.91 Å². The third-order valence-corrected chi connectivity index (χ3v) is 6.85. The molecule has 3 atom stereocenters. The van der Waals surface area contributed by atoms with Crippen molar-refractivity contribution in [1.82, 2.24) is 4.90 Å². The van der Waals surface area contributed by atoms with E-state index in [0.29, 0.717) is 21.7 Å². The minimum Gasteiger partial charge on any atom is -0.324 e. The van der Waals surface area contributed by atoms with Crippen molar-refractivity contribution in [2.24, 2.45) is 15.9 Å². The number of hydrogen-bond donors (Lipinski definition) is 1. The fraction of sp³-hybridized carbons (Fsp3) is 0.304. The number of anilines is 1. The summed E-state index contributed by atoms with van der Waals surface area (Å²) < 4.78 is 0. The summed E-state index contributed by atoms with van der Waals surface area (Å²) in [5.41, 5.74) is 2.13. The lowest BCUT2D eigenvalue weighted by Crippen LogP contribution is -2.43. The van der Waals surface area contributed by atoms with Crippen LogP contribution < -0.4 is 5.32 Å². The minimum atomic E-state index is -0.503. The maximum absolute atomic E-state index is 13.2. The quantitative estimate of drug-likeness (QED) is 0.682. The second-order valence-corrected chi connectivity index (χ2v) is 9.31. The Morgan fingerprint density at radius 2 is 1.90 bits per heavy atom. The van der Waals surface area contributed by atoms with E-state index in [1.165, 1.54) is 11.8 Å². The maximum Gasteiger partial charge on any atom is 0.259 e. The molecule has 0 bridgehead atoms. The largest absolute Gasteiger partial charge is 0.324 e. The van der Waals surface area contributed by atoms with E-state index in [1.54, 1.807) is 30.0 Å². The highest BCUT2D eigenvalue weighted by Gasteiger charge is 2.43. The van der Waals surface area contributed by atoms with Gasteiger partial charge in [-0.1, -0.05) is 67.9 Å². The molecule has 6 nitrogen and oxygen atoms in total. The SMILES string of the molecule is CC[C@H](C)[C@H]1N=C2c3ccccc3N=C(S[C@H](C)C(=O)Nc3ccccc3Cl)N2C1=O. The first-order chi connectivity index (χ1) is 14.9. The van der Waals surface area contributed by atoms with Crippen molar-refractivity contribution in [3.8, 4) is 0 Å². The highest BCUT2D eigenvalue weighted by Crippen LogP contribution is 2.36. The molecule has 2 amide bonds. The van der Waals surface area contributed by atoms with E-state index < -0.39 is 11.3 Å². The molecule has 0 spiro atoms. The lowest BCUT2D eigenvalue weighted by molar-refractivity contribution is -0.125. The number of thioether (sulfide) groups is 1. The van der Waals surface area contributed by atoms with Crippen molar-refractivity contribution in [1.29, 1.82) is 0 Å². The molecule has 0 saturated heterocycles. The molecule has 4 rings (SSSR count). The molecule has 2 heterocycles. The monoisotopic (exact) mass is 454 g/mol. The maximum atomic E-state index is 13.2. The van der Waals surface area contributed by atoms with Crippen molar-refractivity contribution in [2.45, 2.75) is 38.5 Å². The third kappa shape index (κ3) is 4.12. The summed E-state index contributed by atoms with van der Waals surface area (Å²) >= 11 is 7.40. The summed E-state index contributed by atoms with van der Waals surface area (Å²) in [6, 6.07) is 14.3. The van der Waals surface area contributed by atoms with Gasteiger partial charge in [0.15, 0.2) is 5.17 Å². The van der Waals surface area contributed by atoms with Crippen molar-refractivity contribution < 1.29 is 9.59 Å². The van der Waals surface area contributed by atoms with Crippen molar-refractivity contribution in [2.75, 3.05) is 5.32 Å². The van der Waals surface area contributed by atoms with E-state index in [1.807, 2.05) is 44.2 Å². The summed E-state index contributed by atoms with van der Waals surface area (Å²) in [4.78, 5) is 37.1. The highest BCUT2D eigenvalue weighted by molar-refractivity contribution is 8.15. The van der Waals surface area contributed by atoms with Gasteiger partial charge in [-0.05, 0) is 37.1 Å². The average Bonchev–Trinajstić information content (AvgIpc) is 3.12. The van der Waals surface area contributed by atoms with Crippen LogP contribution in [-0.4, -0.2) is 39.0 Å². The van der Waals surface area contributed by atoms with E-state index in [2.05, 4.69) is 5.32 Å². The van der Waals surface area contributed by atoms with Gasteiger partial charge in [-0.2, -0.15) is 0 Å². The number of nitrogens with one attached hydrogen (secondary N) is 1. The number of nitrogens with zero attached hydrogens (tertiary/aromatic N) is 3. The first kappa shape index (κ1) is 21.6. The number of amides is 2. The normalized spacial score (nSPS) is 19.2. The molecule has 2 aromatic rings. The van der Waals surface area contributed by atoms with Crippen LogP contribution in [0.2, 0.25) is 5.02 Å². The van der Waals surface area contributed by atoms with E-state index in [9.17, 15) is 9.59 Å². The number of carbonyl (C=O) groups is 2. The van der Waals surface area contributed by atoms with Gasteiger partial charge in [0, 0.05) is 5.56 Å². The molecule has 31 heavy (non-hydrogen) atoms. The van der Waals surface area contributed by atoms with Crippen LogP contribution in [0.15, 0.2) is 58.5 Å². The van der Waals surface area contributed by atoms with Crippen LogP contribution in [0.3, 0.4) is 0 Å². The van der Waals surface area contributed by atoms with Crippen LogP contribution in [0.5, 0.6) is 0 Å². The van der Waals surface area contributed by atoms with Gasteiger partial charge >= 0.3 is 0 Å². The molecule has 2 aliphatic rings. The number of amidine groups is 2. The summed E-state index contributed by atoms with van der Waals surface area (Å²) in [6.45, 7) is 5.86. The molecule has 2 aliphatic heterocycles. The van der Waals surface area contributed by atoms with Gasteiger partial charge in [0.2, 0.25) is 5.91 Å². The molecule has 160 valence electrons. The van der Waals surface area contributed by atoms with E-state index >= 15 is 0 Å². The first-order valence-electron chi connectivity index (χ1n) is 10.2. The Hall–Kier alpha value is -2.64. The molecule has 0 saturated carbocycles. The van der Waals surface area contributed by atoms with E-state index in [-0.39, 0.29) is 17.7 Å². The predicted octanol–water partition coefficient (Wildman–Crippen LogP) is 5.11. The fourth-order valence-corrected chi connectivity index (χ4v) is 4.55. The summed E-state index contributed by atoms with van der Waals surface area (Å²) in [5.74, 6) is 0.416. The molecule has 0 aliphatic carbocycles. The summed E-state index contributed by atoms with van der Waals surface area (Å²) in [5, 5.41) is 3.28. The van der Waals surface area contributed by atoms with E-state index in [0.717, 1.165) is 17.7 Å². The molecule has 0 aromatic heterocycles. The van der Waals surface area contributed by atoms with Crippen LogP contribution >= 0.6 is 23.4 Å². The Morgan fingerprint density at radius 3 is 2.65 bits per heavy atom. The Kier molecular flexibility index (Phi) is 6.16. The number of benzene rings is 2. The number of aliphatic imine (C=N–C) groups is 2. The smallest absolute Gasteiger partial charge is 0.259 e. The minimum absolute atomic E-state index is 0.0937. The standard InChI is InChI=1S/C23H23ClN4O2S/c1-4-13(2)19-22(30)28-20(27-19)15-9-5-7-11-17(15)26-23(28)31-14(3)21(29)25-18-12-8-6-10-16(18)24/h5-14,19H,4H2,1-3H3,(H,25,29)/t13-,14+,19+/m0/s1. The summed E-state index contributed by atoms with van der Waals surface area (Å²) in [6.07, 6.45) is 0.846. The van der Waals surface area contributed by atoms with Crippen LogP contribution in [-0.2, 0) is 9.59 Å². The van der Waals surface area contributed by atoms with Gasteiger partial charge in [0.1, 0.15) is 11.9 Å². The Morgan fingerprint density at radius 1 is 1.19 bits per heavy atom. The second-order valence-electron chi connectivity index (χ2n) is 7.60. The molecular formula is C23H23ClN4O2S. The van der Waals surface area contributed by atoms with Crippen LogP contribution in [0.4, 0.5) is 11.4 Å². The zero-order valence-corrected chi connectivity index (χ0v) is 19.1. The highest BCUT2D eigenvalue weighted by atomic mass is 35.5. The molecule has 0 unspecified atom stereocenters. The van der Waals surface area contributed by atoms with Crippen LogP contribution in [0, 0.1) is 5.92 Å². The third-order valence-electron chi connectivity index (χ3n) is 5.46. The Bertz CT molecular complexity index is 1100. The van der Waals surface area contributed by atoms with Crippen LogP contribution in [0.25, 0.3) is 0 Å². The number of fused-ring (bicyclic) bond motifs is 3. The zero-order chi connectivity index (χ0) is 22.1. The van der Waals surface area contributed by atoms with Crippen molar-refractivity contribution >= 4 is 57.6 Å². The van der Waals surface area contributed by atoms with Crippen molar-refractivity contribution in [3.05, 3.63) is 59.1 Å². The lowest BCUT2D eigenvalue weighted by atomic mass is 10.00. The van der Waals surface area contributed by atoms with Gasteiger partial charge in [-0.15, -0.1) is 0 Å². The van der Waals surface area contributed by atoms with Crippen molar-refractivity contribution in [3.63, 3.8) is 0 Å². The Labute approximate surface area is 190 Å². The molecule has 2 aromatic carbocycles. The molecule has 8 heteroatoms. The average molecular weight is 455 g/mol. The number of carbonyl (C=O) groups excluding carboxylic acids is 2. The number of para-hydroxylation sites is 2. The molecule has 0 radical (unpaired) electrons. The number of hydrogen-bond acceptors (Lipinski definition) is 5. The van der Waals surface area contributed by atoms with Gasteiger partial charge in [-0.25, -0.2) is 9.89 Å². The van der Waals surface area contributed by atoms with Gasteiger partial charge in [-0.3, -0.25) is 14.6 Å². The van der Waals surface area contributed by atoms with E-state index in [4.69, 9.17) is 21.6 Å². The lowest BCUT2D eigenvalue weighted by Gasteiger charge is -2.27. The molecule has 0 fully saturated rings. The Balaban J connectivity index is 1.61. The second kappa shape index (κ2) is 8.85. The predicted molar refractivity (Wildman–Crippen MR) is 127 cm³/mol. The number of halogens is 1. The molecule has 1 N–H and O–H groups in total. The zero-order valence-electron chi connectivity index (χ0n) is 17.5. The van der Waals surface area contributed by atoms with Gasteiger partial charge < -0.3 is 5.32 Å². The summed E-state index contributed by atoms with van der Waals surface area (Å²) in [7, 11) is 0. The topological polar surface area (TPSA) is 74.1 Å². The fourth-order valence-electron chi connectivity index (χ4n) is 3.45. The van der Waals surface area contributed by atoms with Gasteiger partial charge in [0.05, 0.1) is 21.6 Å².